The number of nitrogens with zero attached hydrogens (tertiary/aromatic N) is 4. The number of aromatic nitrogens is 6. The van der Waals surface area contributed by atoms with Gasteiger partial charge in [-0.25, -0.2) is 4.98 Å². The van der Waals surface area contributed by atoms with Crippen LogP contribution in [0.5, 0.6) is 0 Å². The average molecular weight is 1240 g/mol. The molecule has 0 aliphatic heterocycles. The molecule has 2 heterocycles. The number of aliphatic hydroxyl groups is 1. The number of imidazole rings is 1. The first-order valence-electron chi connectivity index (χ1n) is 30.2. The lowest BCUT2D eigenvalue weighted by Crippen LogP contribution is -2.61. The predicted octanol–water partition coefficient (Wildman–Crippen LogP) is -2.84. The van der Waals surface area contributed by atoms with Gasteiger partial charge in [0.05, 0.1) is 59.1 Å². The van der Waals surface area contributed by atoms with Gasteiger partial charge < -0.3 is 88.4 Å². The Morgan fingerprint density at radius 2 is 1.08 bits per heavy atom. The number of carbonyl (C=O) groups excluding carboxylic acids is 10. The summed E-state index contributed by atoms with van der Waals surface area (Å²) in [6, 6.07) is -6.90. The number of primary amides is 1. The number of nitrogens with two attached hydrogens (primary N) is 2. The molecule has 32 nitrogen and oxygen atoms in total. The lowest BCUT2D eigenvalue weighted by atomic mass is 10.0. The van der Waals surface area contributed by atoms with E-state index in [4.69, 9.17) is 30.4 Å². The van der Waals surface area contributed by atoms with Crippen molar-refractivity contribution in [1.82, 2.24) is 78.4 Å². The summed E-state index contributed by atoms with van der Waals surface area (Å²) in [6.45, 7) is 0.837. The molecule has 0 aromatic carbocycles. The fourth-order valence-electron chi connectivity index (χ4n) is 8.46. The van der Waals surface area contributed by atoms with Crippen molar-refractivity contribution in [2.24, 2.45) is 11.5 Å². The molecule has 2 rings (SSSR count). The number of hydrogen-bond acceptors (Lipinski definition) is 20. The topological polar surface area (TPSA) is 471 Å². The Balaban J connectivity index is 1.56. The summed E-state index contributed by atoms with van der Waals surface area (Å²) in [6.07, 6.45) is 20.3. The fraction of sp³-hybridized carbons (Fsp3) is 0.745. The van der Waals surface area contributed by atoms with E-state index in [1.165, 1.54) is 77.4 Å². The number of aryl methyl sites for hydroxylation is 1. The highest BCUT2D eigenvalue weighted by molar-refractivity contribution is 5.97. The Hall–Kier alpha value is -7.26. The van der Waals surface area contributed by atoms with Crippen LogP contribution in [0.1, 0.15) is 140 Å². The minimum absolute atomic E-state index is 0.00752. The van der Waals surface area contributed by atoms with E-state index in [9.17, 15) is 53.1 Å². The normalized spacial score (nSPS) is 12.8. The van der Waals surface area contributed by atoms with Crippen molar-refractivity contribution in [3.8, 4) is 0 Å². The van der Waals surface area contributed by atoms with Crippen LogP contribution in [0, 0.1) is 0 Å². The number of aliphatic hydroxyl groups excluding tert-OH is 1. The van der Waals surface area contributed by atoms with Crippen molar-refractivity contribution >= 4 is 59.1 Å². The van der Waals surface area contributed by atoms with Gasteiger partial charge in [-0.2, -0.15) is 5.21 Å². The SMILES string of the molecule is CCCC[C@H](NC(=O)[C@H](CN)NC(=O)[C@H](Cc1cnc[nH]1)NC(=O)[C@H](CCC(N)=O)NC(=O)[C@H](CO)NC(=O)CNC(=O)COCCOCCNC(=O)COCCOCCNC(=O)CCCCCCCCCCCCCCCc1nn[nH]n1)C(=O)NC. The van der Waals surface area contributed by atoms with Gasteiger partial charge >= 0.3 is 0 Å². The molecule has 0 saturated carbocycles. The Morgan fingerprint density at radius 3 is 1.62 bits per heavy atom. The molecule has 0 spiro atoms. The van der Waals surface area contributed by atoms with Crippen molar-refractivity contribution in [1.29, 1.82) is 0 Å². The number of rotatable bonds is 54. The molecule has 16 N–H and O–H groups in total. The molecule has 0 radical (unpaired) electrons. The molecule has 32 heteroatoms. The number of carbonyl (C=O) groups is 10. The van der Waals surface area contributed by atoms with Gasteiger partial charge in [0.15, 0.2) is 5.82 Å². The maximum atomic E-state index is 13.8. The first kappa shape index (κ1) is 75.8. The number of tetrazole rings is 1. The molecule has 2 aromatic heterocycles. The van der Waals surface area contributed by atoms with E-state index < -0.39 is 104 Å². The van der Waals surface area contributed by atoms with E-state index >= 15 is 0 Å². The van der Waals surface area contributed by atoms with Crippen LogP contribution in [-0.2, 0) is 79.7 Å². The largest absolute Gasteiger partial charge is 0.394 e. The molecule has 87 heavy (non-hydrogen) atoms. The van der Waals surface area contributed by atoms with Gasteiger partial charge in [-0.1, -0.05) is 95.6 Å². The number of likely N-dealkylation sites (N-methyl/N-ethyl adjacent to an activating group) is 1. The summed E-state index contributed by atoms with van der Waals surface area (Å²) in [5, 5.41) is 46.5. The number of aromatic amines is 2. The van der Waals surface area contributed by atoms with Gasteiger partial charge in [-0.05, 0) is 25.7 Å². The van der Waals surface area contributed by atoms with Crippen LogP contribution in [-0.4, -0.2) is 218 Å². The van der Waals surface area contributed by atoms with Gasteiger partial charge in [0.2, 0.25) is 59.1 Å². The Morgan fingerprint density at radius 1 is 0.563 bits per heavy atom. The number of amides is 10. The van der Waals surface area contributed by atoms with E-state index in [2.05, 4.69) is 78.4 Å². The lowest BCUT2D eigenvalue weighted by Gasteiger charge is -2.26. The molecule has 492 valence electrons. The molecule has 2 aromatic rings. The standard InChI is InChI=1S/C55H97N17O15/c1-3-4-18-40(51(79)58-2)65-54(82)43(32-56)68-53(81)42(31-39-33-59-38-63-39)67-52(80)41(21-22-45(57)74)66-55(83)44(35-73)64-48(76)34-62-50(78)37-87-30-28-85-26-24-61-49(77)36-86-29-27-84-25-23-60-47(75)20-17-15-13-11-9-7-5-6-8-10-12-14-16-19-46-69-71-72-70-46/h33,38,40-44,73H,3-32,34-37,56H2,1-2H3,(H2,57,74)(H,58,79)(H,59,63)(H,60,75)(H,61,77)(H,62,78)(H,64,76)(H,65,82)(H,66,83)(H,67,80)(H,68,81)(H,69,70,71,72)/t40-,41-,42-,43-,44-/m0/s1. The smallest absolute Gasteiger partial charge is 0.246 e. The Labute approximate surface area is 508 Å². The Kier molecular flexibility index (Phi) is 42.5. The van der Waals surface area contributed by atoms with Gasteiger partial charge in [0.25, 0.3) is 0 Å². The second kappa shape index (κ2) is 48.8. The van der Waals surface area contributed by atoms with E-state index in [1.54, 1.807) is 0 Å². The van der Waals surface area contributed by atoms with Crippen LogP contribution in [0.15, 0.2) is 12.5 Å². The van der Waals surface area contributed by atoms with Crippen LogP contribution >= 0.6 is 0 Å². The van der Waals surface area contributed by atoms with Crippen molar-refractivity contribution < 1.29 is 72.0 Å². The zero-order valence-electron chi connectivity index (χ0n) is 50.7. The van der Waals surface area contributed by atoms with Crippen LogP contribution in [0.2, 0.25) is 0 Å². The monoisotopic (exact) mass is 1240 g/mol. The predicted molar refractivity (Wildman–Crippen MR) is 315 cm³/mol. The van der Waals surface area contributed by atoms with Gasteiger partial charge in [0, 0.05) is 64.3 Å². The quantitative estimate of drug-likeness (QED) is 0.0297. The second-order valence-electron chi connectivity index (χ2n) is 20.6. The van der Waals surface area contributed by atoms with Crippen LogP contribution < -0.4 is 59.3 Å². The summed E-state index contributed by atoms with van der Waals surface area (Å²) in [5.74, 6) is -6.16. The van der Waals surface area contributed by atoms with Crippen LogP contribution in [0.3, 0.4) is 0 Å². The third-order valence-electron chi connectivity index (χ3n) is 13.3. The number of nitrogens with one attached hydrogen (secondary N) is 11. The highest BCUT2D eigenvalue weighted by atomic mass is 16.5. The number of ether oxygens (including phenoxy) is 4. The van der Waals surface area contributed by atoms with E-state index in [1.807, 2.05) is 6.92 Å². The maximum Gasteiger partial charge on any atom is 0.246 e. The molecular formula is C55H97N17O15. The van der Waals surface area contributed by atoms with E-state index in [0.717, 1.165) is 44.3 Å². The minimum Gasteiger partial charge on any atom is -0.394 e. The zero-order valence-corrected chi connectivity index (χ0v) is 50.7. The van der Waals surface area contributed by atoms with E-state index in [-0.39, 0.29) is 77.4 Å². The van der Waals surface area contributed by atoms with Crippen LogP contribution in [0.25, 0.3) is 0 Å². The summed E-state index contributed by atoms with van der Waals surface area (Å²) in [4.78, 5) is 134. The molecule has 0 bridgehead atoms. The fourth-order valence-corrected chi connectivity index (χ4v) is 8.46. The van der Waals surface area contributed by atoms with E-state index in [0.29, 0.717) is 38.1 Å². The van der Waals surface area contributed by atoms with Gasteiger partial charge in [0.1, 0.15) is 43.4 Å². The minimum atomic E-state index is -1.65. The highest BCUT2D eigenvalue weighted by Crippen LogP contribution is 2.14. The Bertz CT molecular complexity index is 2270. The lowest BCUT2D eigenvalue weighted by molar-refractivity contribution is -0.135. The van der Waals surface area contributed by atoms with Crippen molar-refractivity contribution in [3.05, 3.63) is 24.0 Å². The molecule has 0 unspecified atom stereocenters. The van der Waals surface area contributed by atoms with Gasteiger partial charge in [-0.15, -0.1) is 10.2 Å². The summed E-state index contributed by atoms with van der Waals surface area (Å²) in [5.41, 5.74) is 11.6. The molecule has 10 amide bonds. The van der Waals surface area contributed by atoms with Crippen molar-refractivity contribution in [3.63, 3.8) is 0 Å². The summed E-state index contributed by atoms with van der Waals surface area (Å²) in [7, 11) is 1.41. The maximum absolute atomic E-state index is 13.8. The molecule has 0 aliphatic rings. The summed E-state index contributed by atoms with van der Waals surface area (Å²) < 4.78 is 21.5. The highest BCUT2D eigenvalue weighted by Gasteiger charge is 2.33. The zero-order chi connectivity index (χ0) is 63.7. The first-order chi connectivity index (χ1) is 42.1. The average Bonchev–Trinajstić information content (AvgIpc) is 4.32. The third kappa shape index (κ3) is 37.8. The second-order valence-corrected chi connectivity index (χ2v) is 20.6. The van der Waals surface area contributed by atoms with Crippen LogP contribution in [0.4, 0.5) is 0 Å². The number of H-pyrrole nitrogens is 2. The number of unbranched alkanes of at least 4 members (excludes halogenated alkanes) is 13. The number of hydrogen-bond donors (Lipinski definition) is 14. The van der Waals surface area contributed by atoms with Gasteiger partial charge in [-0.3, -0.25) is 47.9 Å². The molecular weight excluding hydrogens is 1140 g/mol. The third-order valence-corrected chi connectivity index (χ3v) is 13.3. The molecule has 5 atom stereocenters. The van der Waals surface area contributed by atoms with Crippen molar-refractivity contribution in [2.45, 2.75) is 172 Å². The first-order valence-corrected chi connectivity index (χ1v) is 30.2. The molecule has 0 aliphatic carbocycles. The molecule has 0 fully saturated rings. The van der Waals surface area contributed by atoms with Crippen molar-refractivity contribution in [2.75, 3.05) is 92.7 Å². The molecule has 0 saturated heterocycles. The summed E-state index contributed by atoms with van der Waals surface area (Å²) >= 11 is 0.